The topological polar surface area (TPSA) is 79.0 Å². The molecular formula is C24H31N3O4S. The highest BCUT2D eigenvalue weighted by atomic mass is 32.2. The summed E-state index contributed by atoms with van der Waals surface area (Å²) in [7, 11) is -1.89. The molecule has 0 saturated carbocycles. The number of piperidine rings is 1. The number of rotatable bonds is 6. The third-order valence-corrected chi connectivity index (χ3v) is 8.20. The SMILES string of the molecule is COc1ccc2c(c1)CN(CC(=O)Nc1cc(S(=O)(=O)N3CCCCC3)ccc1C)CC2. The molecule has 172 valence electrons. The van der Waals surface area contributed by atoms with Crippen molar-refractivity contribution in [1.82, 2.24) is 9.21 Å². The standard InChI is InChI=1S/C24H31N3O4S/c1-18-6-9-22(32(29,30)27-11-4-3-5-12-27)15-23(18)25-24(28)17-26-13-10-19-7-8-21(31-2)14-20(19)16-26/h6-9,14-15H,3-5,10-13,16-17H2,1-2H3,(H,25,28). The first kappa shape index (κ1) is 22.8. The van der Waals surface area contributed by atoms with Gasteiger partial charge in [-0.05, 0) is 67.1 Å². The minimum Gasteiger partial charge on any atom is -0.497 e. The molecule has 1 N–H and O–H groups in total. The molecule has 32 heavy (non-hydrogen) atoms. The van der Waals surface area contributed by atoms with Crippen molar-refractivity contribution in [2.24, 2.45) is 0 Å². The van der Waals surface area contributed by atoms with Crippen molar-refractivity contribution in [2.45, 2.75) is 44.0 Å². The Morgan fingerprint density at radius 1 is 1.03 bits per heavy atom. The van der Waals surface area contributed by atoms with Gasteiger partial charge in [0.1, 0.15) is 5.75 Å². The Balaban J connectivity index is 1.43. The van der Waals surface area contributed by atoms with Crippen molar-refractivity contribution in [3.8, 4) is 5.75 Å². The molecule has 7 nitrogen and oxygen atoms in total. The summed E-state index contributed by atoms with van der Waals surface area (Å²) in [6, 6.07) is 11.1. The van der Waals surface area contributed by atoms with Crippen molar-refractivity contribution in [1.29, 1.82) is 0 Å². The van der Waals surface area contributed by atoms with Crippen molar-refractivity contribution in [2.75, 3.05) is 38.6 Å². The second kappa shape index (κ2) is 9.60. The highest BCUT2D eigenvalue weighted by Gasteiger charge is 2.27. The average molecular weight is 458 g/mol. The molecule has 0 aliphatic carbocycles. The monoisotopic (exact) mass is 457 g/mol. The molecule has 4 rings (SSSR count). The van der Waals surface area contributed by atoms with E-state index < -0.39 is 10.0 Å². The first-order chi connectivity index (χ1) is 15.4. The minimum absolute atomic E-state index is 0.146. The third-order valence-electron chi connectivity index (χ3n) is 6.31. The van der Waals surface area contributed by atoms with E-state index >= 15 is 0 Å². The molecule has 0 atom stereocenters. The normalized spacial score (nSPS) is 17.6. The number of hydrogen-bond acceptors (Lipinski definition) is 5. The van der Waals surface area contributed by atoms with E-state index in [0.717, 1.165) is 43.5 Å². The van der Waals surface area contributed by atoms with E-state index in [0.29, 0.717) is 25.3 Å². The molecule has 0 unspecified atom stereocenters. The fourth-order valence-corrected chi connectivity index (χ4v) is 5.94. The summed E-state index contributed by atoms with van der Waals surface area (Å²) in [4.78, 5) is 15.1. The second-order valence-corrected chi connectivity index (χ2v) is 10.5. The van der Waals surface area contributed by atoms with Gasteiger partial charge in [0.05, 0.1) is 18.6 Å². The van der Waals surface area contributed by atoms with E-state index in [9.17, 15) is 13.2 Å². The smallest absolute Gasteiger partial charge is 0.243 e. The zero-order valence-electron chi connectivity index (χ0n) is 18.8. The maximum atomic E-state index is 13.0. The van der Waals surface area contributed by atoms with Crippen molar-refractivity contribution < 1.29 is 17.9 Å². The lowest BCUT2D eigenvalue weighted by Gasteiger charge is -2.28. The number of sulfonamides is 1. The number of nitrogens with zero attached hydrogens (tertiary/aromatic N) is 2. The van der Waals surface area contributed by atoms with Crippen LogP contribution in [-0.4, -0.2) is 56.8 Å². The van der Waals surface area contributed by atoms with Gasteiger partial charge in [-0.3, -0.25) is 9.69 Å². The molecule has 0 bridgehead atoms. The molecule has 0 aromatic heterocycles. The van der Waals surface area contributed by atoms with Crippen LogP contribution in [0.1, 0.15) is 36.0 Å². The summed E-state index contributed by atoms with van der Waals surface area (Å²) in [5.74, 6) is 0.671. The zero-order chi connectivity index (χ0) is 22.7. The Morgan fingerprint density at radius 2 is 1.81 bits per heavy atom. The van der Waals surface area contributed by atoms with Gasteiger partial charge in [0, 0.05) is 31.9 Å². The Labute approximate surface area is 190 Å². The molecule has 1 amide bonds. The molecule has 2 aliphatic heterocycles. The molecule has 2 aromatic rings. The van der Waals surface area contributed by atoms with Gasteiger partial charge in [0.2, 0.25) is 15.9 Å². The first-order valence-electron chi connectivity index (χ1n) is 11.2. The molecule has 2 heterocycles. The molecule has 8 heteroatoms. The summed E-state index contributed by atoms with van der Waals surface area (Å²) < 4.78 is 32.9. The molecule has 0 spiro atoms. The minimum atomic E-state index is -3.54. The number of hydrogen-bond donors (Lipinski definition) is 1. The maximum absolute atomic E-state index is 13.0. The van der Waals surface area contributed by atoms with E-state index in [1.165, 1.54) is 11.1 Å². The van der Waals surface area contributed by atoms with Crippen LogP contribution in [0.2, 0.25) is 0 Å². The number of aryl methyl sites for hydroxylation is 1. The number of anilines is 1. The zero-order valence-corrected chi connectivity index (χ0v) is 19.6. The predicted octanol–water partition coefficient (Wildman–Crippen LogP) is 3.18. The lowest BCUT2D eigenvalue weighted by Crippen LogP contribution is -2.37. The lowest BCUT2D eigenvalue weighted by atomic mass is 9.99. The van der Waals surface area contributed by atoms with Crippen LogP contribution in [-0.2, 0) is 27.8 Å². The van der Waals surface area contributed by atoms with E-state index in [4.69, 9.17) is 4.74 Å². The van der Waals surface area contributed by atoms with E-state index in [1.807, 2.05) is 19.1 Å². The van der Waals surface area contributed by atoms with Crippen LogP contribution in [0.4, 0.5) is 5.69 Å². The van der Waals surface area contributed by atoms with Gasteiger partial charge in [0.25, 0.3) is 0 Å². The summed E-state index contributed by atoms with van der Waals surface area (Å²) in [6.07, 6.45) is 3.73. The van der Waals surface area contributed by atoms with Gasteiger partial charge in [-0.25, -0.2) is 8.42 Å². The van der Waals surface area contributed by atoms with Crippen LogP contribution in [0, 0.1) is 6.92 Å². The average Bonchev–Trinajstić information content (AvgIpc) is 2.80. The molecule has 0 radical (unpaired) electrons. The van der Waals surface area contributed by atoms with E-state index in [-0.39, 0.29) is 17.3 Å². The number of methoxy groups -OCH3 is 1. The fraction of sp³-hybridized carbons (Fsp3) is 0.458. The van der Waals surface area contributed by atoms with Gasteiger partial charge in [-0.15, -0.1) is 0 Å². The summed E-state index contributed by atoms with van der Waals surface area (Å²) in [6.45, 7) is 4.71. The molecular weight excluding hydrogens is 426 g/mol. The third kappa shape index (κ3) is 4.98. The van der Waals surface area contributed by atoms with Gasteiger partial charge in [0.15, 0.2) is 0 Å². The quantitative estimate of drug-likeness (QED) is 0.721. The number of amides is 1. The van der Waals surface area contributed by atoms with Crippen molar-refractivity contribution in [3.63, 3.8) is 0 Å². The largest absolute Gasteiger partial charge is 0.497 e. The van der Waals surface area contributed by atoms with Crippen molar-refractivity contribution in [3.05, 3.63) is 53.1 Å². The first-order valence-corrected chi connectivity index (χ1v) is 12.6. The van der Waals surface area contributed by atoms with Gasteiger partial charge in [-0.2, -0.15) is 4.31 Å². The Kier molecular flexibility index (Phi) is 6.83. The molecule has 1 saturated heterocycles. The molecule has 2 aromatic carbocycles. The highest BCUT2D eigenvalue weighted by molar-refractivity contribution is 7.89. The maximum Gasteiger partial charge on any atom is 0.243 e. The Morgan fingerprint density at radius 3 is 2.56 bits per heavy atom. The molecule has 2 aliphatic rings. The lowest BCUT2D eigenvalue weighted by molar-refractivity contribution is -0.117. The van der Waals surface area contributed by atoms with Gasteiger partial charge < -0.3 is 10.1 Å². The second-order valence-electron chi connectivity index (χ2n) is 8.58. The Hall–Kier alpha value is -2.42. The number of fused-ring (bicyclic) bond motifs is 1. The number of ether oxygens (including phenoxy) is 1. The summed E-state index contributed by atoms with van der Waals surface area (Å²) in [5, 5.41) is 2.93. The number of benzene rings is 2. The predicted molar refractivity (Wildman–Crippen MR) is 124 cm³/mol. The number of nitrogens with one attached hydrogen (secondary N) is 1. The van der Waals surface area contributed by atoms with Crippen LogP contribution in [0.15, 0.2) is 41.3 Å². The summed E-state index contributed by atoms with van der Waals surface area (Å²) >= 11 is 0. The van der Waals surface area contributed by atoms with Crippen LogP contribution in [0.5, 0.6) is 5.75 Å². The molecule has 1 fully saturated rings. The van der Waals surface area contributed by atoms with Gasteiger partial charge >= 0.3 is 0 Å². The van der Waals surface area contributed by atoms with Gasteiger partial charge in [-0.1, -0.05) is 18.6 Å². The summed E-state index contributed by atoms with van der Waals surface area (Å²) in [5.41, 5.74) is 3.85. The van der Waals surface area contributed by atoms with E-state index in [2.05, 4.69) is 16.3 Å². The highest BCUT2D eigenvalue weighted by Crippen LogP contribution is 2.26. The van der Waals surface area contributed by atoms with Crippen LogP contribution in [0.25, 0.3) is 0 Å². The van der Waals surface area contributed by atoms with Crippen LogP contribution >= 0.6 is 0 Å². The van der Waals surface area contributed by atoms with Crippen LogP contribution < -0.4 is 10.1 Å². The van der Waals surface area contributed by atoms with Crippen molar-refractivity contribution >= 4 is 21.6 Å². The van der Waals surface area contributed by atoms with E-state index in [1.54, 1.807) is 29.6 Å². The fourth-order valence-electron chi connectivity index (χ4n) is 4.40. The van der Waals surface area contributed by atoms with Crippen LogP contribution in [0.3, 0.4) is 0 Å². The number of carbonyl (C=O) groups is 1. The number of carbonyl (C=O) groups excluding carboxylic acids is 1. The Bertz CT molecular complexity index is 1090.